The maximum absolute atomic E-state index is 11.8. The lowest BCUT2D eigenvalue weighted by Gasteiger charge is -2.21. The number of nitrogens with zero attached hydrogens (tertiary/aromatic N) is 3. The molecule has 0 bridgehead atoms. The maximum Gasteiger partial charge on any atom is 0.231 e. The summed E-state index contributed by atoms with van der Waals surface area (Å²) in [6.45, 7) is 9.34. The molecule has 134 valence electrons. The summed E-state index contributed by atoms with van der Waals surface area (Å²) in [7, 11) is 0. The van der Waals surface area contributed by atoms with E-state index in [0.717, 1.165) is 24.3 Å². The Morgan fingerprint density at radius 2 is 2.04 bits per heavy atom. The summed E-state index contributed by atoms with van der Waals surface area (Å²) in [6.07, 6.45) is 1.40. The summed E-state index contributed by atoms with van der Waals surface area (Å²) in [5.41, 5.74) is 0.654. The quantitative estimate of drug-likeness (QED) is 0.848. The summed E-state index contributed by atoms with van der Waals surface area (Å²) in [5.74, 6) is 2.29. The van der Waals surface area contributed by atoms with Crippen molar-refractivity contribution in [3.8, 4) is 17.1 Å². The molecule has 25 heavy (non-hydrogen) atoms. The van der Waals surface area contributed by atoms with Gasteiger partial charge in [0, 0.05) is 25.1 Å². The third-order valence-corrected chi connectivity index (χ3v) is 4.17. The Balaban J connectivity index is 1.68. The van der Waals surface area contributed by atoms with Crippen molar-refractivity contribution in [1.82, 2.24) is 15.0 Å². The van der Waals surface area contributed by atoms with Gasteiger partial charge in [0.1, 0.15) is 11.4 Å². The fraction of sp³-hybridized carbons (Fsp3) is 0.526. The first-order valence-electron chi connectivity index (χ1n) is 8.76. The number of carbonyl (C=O) groups excluding carboxylic acids is 1. The largest absolute Gasteiger partial charge is 0.488 e. The van der Waals surface area contributed by atoms with E-state index in [4.69, 9.17) is 9.26 Å². The van der Waals surface area contributed by atoms with Crippen LogP contribution in [0.5, 0.6) is 5.75 Å². The summed E-state index contributed by atoms with van der Waals surface area (Å²) in [4.78, 5) is 18.2. The Labute approximate surface area is 148 Å². The van der Waals surface area contributed by atoms with Crippen molar-refractivity contribution in [2.75, 3.05) is 13.1 Å². The van der Waals surface area contributed by atoms with Crippen molar-refractivity contribution in [2.45, 2.75) is 52.1 Å². The molecule has 1 aliphatic rings. The summed E-state index contributed by atoms with van der Waals surface area (Å²) >= 11 is 0. The van der Waals surface area contributed by atoms with Crippen LogP contribution in [0.4, 0.5) is 0 Å². The van der Waals surface area contributed by atoms with Crippen LogP contribution in [-0.2, 0) is 4.79 Å². The van der Waals surface area contributed by atoms with Crippen LogP contribution in [0.2, 0.25) is 0 Å². The maximum atomic E-state index is 11.8. The van der Waals surface area contributed by atoms with Crippen LogP contribution in [0.25, 0.3) is 11.4 Å². The topological polar surface area (TPSA) is 68.5 Å². The number of amides is 1. The molecule has 3 rings (SSSR count). The molecule has 1 aliphatic heterocycles. The molecule has 0 saturated carbocycles. The number of hydrogen-bond donors (Lipinski definition) is 0. The van der Waals surface area contributed by atoms with Gasteiger partial charge < -0.3 is 14.2 Å². The lowest BCUT2D eigenvalue weighted by molar-refractivity contribution is -0.129. The number of ether oxygens (including phenoxy) is 1. The fourth-order valence-corrected chi connectivity index (χ4v) is 2.96. The molecular weight excluding hydrogens is 318 g/mol. The predicted octanol–water partition coefficient (Wildman–Crippen LogP) is 3.64. The van der Waals surface area contributed by atoms with Crippen LogP contribution in [-0.4, -0.2) is 39.6 Å². The molecule has 0 radical (unpaired) electrons. The number of carbonyl (C=O) groups is 1. The van der Waals surface area contributed by atoms with Gasteiger partial charge in [0.15, 0.2) is 0 Å². The summed E-state index contributed by atoms with van der Waals surface area (Å²) in [6, 6.07) is 7.68. The van der Waals surface area contributed by atoms with Gasteiger partial charge in [-0.2, -0.15) is 4.98 Å². The Morgan fingerprint density at radius 1 is 1.32 bits per heavy atom. The van der Waals surface area contributed by atoms with Crippen molar-refractivity contribution < 1.29 is 14.1 Å². The Morgan fingerprint density at radius 3 is 2.68 bits per heavy atom. The van der Waals surface area contributed by atoms with Crippen LogP contribution in [0.3, 0.4) is 0 Å². The van der Waals surface area contributed by atoms with Gasteiger partial charge in [-0.25, -0.2) is 0 Å². The Hall–Kier alpha value is -2.37. The average molecular weight is 343 g/mol. The smallest absolute Gasteiger partial charge is 0.231 e. The highest BCUT2D eigenvalue weighted by Crippen LogP contribution is 2.29. The molecule has 0 spiro atoms. The van der Waals surface area contributed by atoms with Gasteiger partial charge in [0.25, 0.3) is 0 Å². The molecule has 1 fully saturated rings. The van der Waals surface area contributed by atoms with Gasteiger partial charge in [-0.05, 0) is 51.5 Å². The molecule has 0 aliphatic carbocycles. The Bertz CT molecular complexity index is 731. The highest BCUT2D eigenvalue weighted by Gasteiger charge is 2.30. The molecule has 1 unspecified atom stereocenters. The van der Waals surface area contributed by atoms with Crippen molar-refractivity contribution >= 4 is 5.91 Å². The number of hydrogen-bond acceptors (Lipinski definition) is 5. The van der Waals surface area contributed by atoms with E-state index < -0.39 is 0 Å². The number of benzene rings is 1. The van der Waals surface area contributed by atoms with Crippen molar-refractivity contribution in [3.05, 3.63) is 30.2 Å². The van der Waals surface area contributed by atoms with E-state index >= 15 is 0 Å². The molecular formula is C19H25N3O3. The van der Waals surface area contributed by atoms with Crippen molar-refractivity contribution in [2.24, 2.45) is 0 Å². The second-order valence-corrected chi connectivity index (χ2v) is 7.37. The lowest BCUT2D eigenvalue weighted by atomic mass is 10.1. The normalized spacial score (nSPS) is 17.8. The van der Waals surface area contributed by atoms with Crippen molar-refractivity contribution in [3.63, 3.8) is 0 Å². The molecule has 0 N–H and O–H groups in total. The van der Waals surface area contributed by atoms with E-state index in [2.05, 4.69) is 10.1 Å². The first-order chi connectivity index (χ1) is 11.9. The second-order valence-electron chi connectivity index (χ2n) is 7.37. The van der Waals surface area contributed by atoms with Crippen LogP contribution in [0.15, 0.2) is 28.8 Å². The predicted molar refractivity (Wildman–Crippen MR) is 94.3 cm³/mol. The molecule has 6 heteroatoms. The molecule has 1 saturated heterocycles. The van der Waals surface area contributed by atoms with E-state index in [0.29, 0.717) is 24.7 Å². The minimum Gasteiger partial charge on any atom is -0.488 e. The SMILES string of the molecule is CCC(=O)N1CCC(c2nc(-c3ccc(OC(C)(C)C)cc3)no2)C1. The van der Waals surface area contributed by atoms with Gasteiger partial charge in [0.05, 0.1) is 5.92 Å². The third-order valence-electron chi connectivity index (χ3n) is 4.17. The molecule has 1 aromatic carbocycles. The van der Waals surface area contributed by atoms with Gasteiger partial charge >= 0.3 is 0 Å². The minimum absolute atomic E-state index is 0.125. The van der Waals surface area contributed by atoms with E-state index in [-0.39, 0.29) is 17.4 Å². The van der Waals surface area contributed by atoms with Gasteiger partial charge in [-0.15, -0.1) is 0 Å². The van der Waals surface area contributed by atoms with Crippen LogP contribution in [0, 0.1) is 0 Å². The highest BCUT2D eigenvalue weighted by atomic mass is 16.5. The molecule has 2 heterocycles. The van der Waals surface area contributed by atoms with Crippen LogP contribution >= 0.6 is 0 Å². The van der Waals surface area contributed by atoms with E-state index in [9.17, 15) is 4.79 Å². The molecule has 2 aromatic rings. The van der Waals surface area contributed by atoms with E-state index in [1.807, 2.05) is 56.9 Å². The van der Waals surface area contributed by atoms with E-state index in [1.165, 1.54) is 0 Å². The summed E-state index contributed by atoms with van der Waals surface area (Å²) in [5, 5.41) is 4.09. The zero-order valence-corrected chi connectivity index (χ0v) is 15.3. The molecule has 6 nitrogen and oxygen atoms in total. The van der Waals surface area contributed by atoms with Gasteiger partial charge in [0.2, 0.25) is 17.6 Å². The second kappa shape index (κ2) is 6.86. The van der Waals surface area contributed by atoms with Gasteiger partial charge in [-0.3, -0.25) is 4.79 Å². The van der Waals surface area contributed by atoms with E-state index in [1.54, 1.807) is 0 Å². The zero-order valence-electron chi connectivity index (χ0n) is 15.3. The first-order valence-corrected chi connectivity index (χ1v) is 8.76. The summed E-state index contributed by atoms with van der Waals surface area (Å²) < 4.78 is 11.3. The monoisotopic (exact) mass is 343 g/mol. The Kier molecular flexibility index (Phi) is 4.79. The molecule has 1 atom stereocenters. The zero-order chi connectivity index (χ0) is 18.0. The minimum atomic E-state index is -0.231. The number of aromatic nitrogens is 2. The standard InChI is InChI=1S/C19H25N3O3/c1-5-16(23)22-11-10-14(12-22)18-20-17(21-25-18)13-6-8-15(9-7-13)24-19(2,3)4/h6-9,14H,5,10-12H2,1-4H3. The average Bonchev–Trinajstić information content (AvgIpc) is 3.22. The molecule has 1 amide bonds. The first kappa shape index (κ1) is 17.5. The molecule has 1 aromatic heterocycles. The van der Waals surface area contributed by atoms with Crippen molar-refractivity contribution in [1.29, 1.82) is 0 Å². The third kappa shape index (κ3) is 4.18. The van der Waals surface area contributed by atoms with Crippen LogP contribution < -0.4 is 4.74 Å². The highest BCUT2D eigenvalue weighted by molar-refractivity contribution is 5.76. The number of rotatable bonds is 4. The van der Waals surface area contributed by atoms with Crippen LogP contribution in [0.1, 0.15) is 52.3 Å². The number of likely N-dealkylation sites (tertiary alicyclic amines) is 1. The van der Waals surface area contributed by atoms with Gasteiger partial charge in [-0.1, -0.05) is 12.1 Å². The lowest BCUT2D eigenvalue weighted by Crippen LogP contribution is -2.27. The fourth-order valence-electron chi connectivity index (χ4n) is 2.96.